The van der Waals surface area contributed by atoms with E-state index in [0.717, 1.165) is 22.7 Å². The minimum atomic E-state index is -3.67. The maximum absolute atomic E-state index is 13.7. The molecule has 0 aromatic heterocycles. The number of nitrogens with zero attached hydrogens (tertiary/aromatic N) is 1. The minimum Gasteiger partial charge on any atom is -0.476 e. The van der Waals surface area contributed by atoms with E-state index in [9.17, 15) is 22.0 Å². The number of hydrogen-bond donors (Lipinski definition) is 1. The second-order valence-corrected chi connectivity index (χ2v) is 7.36. The van der Waals surface area contributed by atoms with Crippen molar-refractivity contribution in [2.24, 2.45) is 0 Å². The molecule has 0 aliphatic carbocycles. The number of ether oxygens (including phenoxy) is 1. The van der Waals surface area contributed by atoms with Crippen molar-refractivity contribution in [3.63, 3.8) is 0 Å². The molecule has 0 radical (unpaired) electrons. The highest BCUT2D eigenvalue weighted by molar-refractivity contribution is 7.92. The third-order valence-electron chi connectivity index (χ3n) is 3.64. The van der Waals surface area contributed by atoms with Crippen LogP contribution in [0.5, 0.6) is 5.75 Å². The van der Waals surface area contributed by atoms with Crippen LogP contribution >= 0.6 is 0 Å². The monoisotopic (exact) mass is 368 g/mol. The van der Waals surface area contributed by atoms with Crippen LogP contribution < -0.4 is 14.4 Å². The summed E-state index contributed by atoms with van der Waals surface area (Å²) in [5.41, 5.74) is -0.313. The van der Waals surface area contributed by atoms with Crippen molar-refractivity contribution in [3.8, 4) is 5.75 Å². The predicted molar refractivity (Wildman–Crippen MR) is 88.0 cm³/mol. The van der Waals surface area contributed by atoms with Gasteiger partial charge in [0, 0.05) is 0 Å². The zero-order chi connectivity index (χ0) is 18.2. The number of amides is 1. The number of hydrogen-bond acceptors (Lipinski definition) is 4. The molecule has 1 unspecified atom stereocenters. The Balaban J connectivity index is 1.90. The molecular weight excluding hydrogens is 354 g/mol. The topological polar surface area (TPSA) is 75.7 Å². The number of halogens is 2. The summed E-state index contributed by atoms with van der Waals surface area (Å²) in [7, 11) is -3.67. The van der Waals surface area contributed by atoms with Crippen LogP contribution in [0.2, 0.25) is 0 Å². The van der Waals surface area contributed by atoms with E-state index < -0.39 is 39.4 Å². The van der Waals surface area contributed by atoms with Gasteiger partial charge in [0.05, 0.1) is 18.5 Å². The van der Waals surface area contributed by atoms with E-state index in [1.807, 2.05) is 0 Å². The summed E-state index contributed by atoms with van der Waals surface area (Å²) >= 11 is 0. The molecule has 25 heavy (non-hydrogen) atoms. The van der Waals surface area contributed by atoms with Gasteiger partial charge in [-0.2, -0.15) is 0 Å². The molecule has 0 spiro atoms. The summed E-state index contributed by atoms with van der Waals surface area (Å²) in [6.07, 6.45) is -0.260. The van der Waals surface area contributed by atoms with Gasteiger partial charge in [-0.3, -0.25) is 9.10 Å². The molecule has 1 heterocycles. The second kappa shape index (κ2) is 6.32. The molecule has 0 saturated carbocycles. The standard InChI is InChI=1S/C16H14F2N2O4S/c1-25(22,23)20-9-14(24-13-8-3-2-7-12(13)20)16(21)19-15-10(17)5-4-6-11(15)18/h2-8,14H,9H2,1H3,(H,19,21). The minimum absolute atomic E-state index is 0.188. The first kappa shape index (κ1) is 17.2. The van der Waals surface area contributed by atoms with Crippen LogP contribution in [0.25, 0.3) is 0 Å². The summed E-state index contributed by atoms with van der Waals surface area (Å²) in [4.78, 5) is 12.4. The van der Waals surface area contributed by atoms with Gasteiger partial charge in [0.25, 0.3) is 5.91 Å². The number of sulfonamides is 1. The van der Waals surface area contributed by atoms with Crippen molar-refractivity contribution in [1.82, 2.24) is 0 Å². The second-order valence-electron chi connectivity index (χ2n) is 5.45. The van der Waals surface area contributed by atoms with Gasteiger partial charge in [0.1, 0.15) is 23.1 Å². The first-order chi connectivity index (χ1) is 11.8. The number of nitrogens with one attached hydrogen (secondary N) is 1. The lowest BCUT2D eigenvalue weighted by atomic mass is 10.2. The molecular formula is C16H14F2N2O4S. The van der Waals surface area contributed by atoms with Gasteiger partial charge in [-0.15, -0.1) is 0 Å². The van der Waals surface area contributed by atoms with Crippen LogP contribution in [0.4, 0.5) is 20.2 Å². The molecule has 0 bridgehead atoms. The number of rotatable bonds is 3. The Labute approximate surface area is 143 Å². The molecule has 132 valence electrons. The molecule has 2 aromatic carbocycles. The zero-order valence-electron chi connectivity index (χ0n) is 13.1. The largest absolute Gasteiger partial charge is 0.476 e. The van der Waals surface area contributed by atoms with E-state index in [0.29, 0.717) is 5.69 Å². The van der Waals surface area contributed by atoms with Crippen LogP contribution in [0, 0.1) is 11.6 Å². The highest BCUT2D eigenvalue weighted by Crippen LogP contribution is 2.34. The Morgan fingerprint density at radius 3 is 2.44 bits per heavy atom. The van der Waals surface area contributed by atoms with E-state index in [4.69, 9.17) is 4.74 Å². The number of carbonyl (C=O) groups is 1. The summed E-state index contributed by atoms with van der Waals surface area (Å²) in [6.45, 7) is -0.308. The lowest BCUT2D eigenvalue weighted by molar-refractivity contribution is -0.122. The average molecular weight is 368 g/mol. The molecule has 0 saturated heterocycles. The molecule has 1 atom stereocenters. The number of para-hydroxylation sites is 3. The average Bonchev–Trinajstić information content (AvgIpc) is 2.56. The number of benzene rings is 2. The van der Waals surface area contributed by atoms with Gasteiger partial charge in [-0.1, -0.05) is 18.2 Å². The molecule has 1 aliphatic heterocycles. The Morgan fingerprint density at radius 2 is 1.80 bits per heavy atom. The Bertz CT molecular complexity index is 913. The normalized spacial score (nSPS) is 16.8. The smallest absolute Gasteiger partial charge is 0.267 e. The Hall–Kier alpha value is -2.68. The summed E-state index contributed by atoms with van der Waals surface area (Å²) in [5, 5.41) is 2.12. The van der Waals surface area contributed by atoms with Crippen LogP contribution in [-0.4, -0.2) is 33.2 Å². The maximum atomic E-state index is 13.7. The van der Waals surface area contributed by atoms with Crippen molar-refractivity contribution < 1.29 is 26.7 Å². The maximum Gasteiger partial charge on any atom is 0.267 e. The van der Waals surface area contributed by atoms with E-state index in [2.05, 4.69) is 5.32 Å². The van der Waals surface area contributed by atoms with Crippen LogP contribution in [0.15, 0.2) is 42.5 Å². The first-order valence-electron chi connectivity index (χ1n) is 7.25. The third kappa shape index (κ3) is 3.41. The lowest BCUT2D eigenvalue weighted by Gasteiger charge is -2.33. The lowest BCUT2D eigenvalue weighted by Crippen LogP contribution is -2.48. The molecule has 1 aliphatic rings. The van der Waals surface area contributed by atoms with Gasteiger partial charge < -0.3 is 10.1 Å². The van der Waals surface area contributed by atoms with E-state index in [1.54, 1.807) is 18.2 Å². The number of anilines is 2. The van der Waals surface area contributed by atoms with Crippen molar-refractivity contribution in [3.05, 3.63) is 54.1 Å². The third-order valence-corrected chi connectivity index (χ3v) is 4.78. The van der Waals surface area contributed by atoms with Gasteiger partial charge >= 0.3 is 0 Å². The van der Waals surface area contributed by atoms with Crippen molar-refractivity contribution in [2.75, 3.05) is 22.4 Å². The molecule has 9 heteroatoms. The SMILES string of the molecule is CS(=O)(=O)N1CC(C(=O)Nc2c(F)cccc2F)Oc2ccccc21. The molecule has 3 rings (SSSR count). The number of fused-ring (bicyclic) bond motifs is 1. The highest BCUT2D eigenvalue weighted by Gasteiger charge is 2.35. The van der Waals surface area contributed by atoms with Crippen molar-refractivity contribution in [1.29, 1.82) is 0 Å². The van der Waals surface area contributed by atoms with Gasteiger partial charge in [-0.25, -0.2) is 17.2 Å². The van der Waals surface area contributed by atoms with Gasteiger partial charge in [0.15, 0.2) is 6.10 Å². The Morgan fingerprint density at radius 1 is 1.16 bits per heavy atom. The predicted octanol–water partition coefficient (Wildman–Crippen LogP) is 2.13. The van der Waals surface area contributed by atoms with Crippen LogP contribution in [-0.2, 0) is 14.8 Å². The van der Waals surface area contributed by atoms with E-state index in [1.165, 1.54) is 12.1 Å². The zero-order valence-corrected chi connectivity index (χ0v) is 13.9. The summed E-state index contributed by atoms with van der Waals surface area (Å²) < 4.78 is 57.9. The van der Waals surface area contributed by atoms with Crippen LogP contribution in [0.3, 0.4) is 0 Å². The molecule has 0 fully saturated rings. The fourth-order valence-electron chi connectivity index (χ4n) is 2.47. The highest BCUT2D eigenvalue weighted by atomic mass is 32.2. The van der Waals surface area contributed by atoms with E-state index >= 15 is 0 Å². The van der Waals surface area contributed by atoms with Crippen LogP contribution in [0.1, 0.15) is 0 Å². The first-order valence-corrected chi connectivity index (χ1v) is 9.10. The number of carbonyl (C=O) groups excluding carboxylic acids is 1. The summed E-state index contributed by atoms with van der Waals surface area (Å²) in [5.74, 6) is -2.55. The fourth-order valence-corrected chi connectivity index (χ4v) is 3.39. The molecule has 6 nitrogen and oxygen atoms in total. The van der Waals surface area contributed by atoms with Gasteiger partial charge in [0.2, 0.25) is 10.0 Å². The quantitative estimate of drug-likeness (QED) is 0.901. The molecule has 2 aromatic rings. The van der Waals surface area contributed by atoms with Crippen molar-refractivity contribution >= 4 is 27.3 Å². The van der Waals surface area contributed by atoms with Crippen molar-refractivity contribution in [2.45, 2.75) is 6.10 Å². The van der Waals surface area contributed by atoms with E-state index in [-0.39, 0.29) is 12.3 Å². The molecule has 1 amide bonds. The molecule has 1 N–H and O–H groups in total. The fraction of sp³-hybridized carbons (Fsp3) is 0.188. The Kier molecular flexibility index (Phi) is 4.34. The summed E-state index contributed by atoms with van der Waals surface area (Å²) in [6, 6.07) is 9.47. The van der Waals surface area contributed by atoms with Gasteiger partial charge in [-0.05, 0) is 24.3 Å².